The molecule has 1 nitrogen and oxygen atoms in total. The third-order valence-electron chi connectivity index (χ3n) is 2.78. The fourth-order valence-corrected chi connectivity index (χ4v) is 2.81. The highest BCUT2D eigenvalue weighted by Crippen LogP contribution is 2.37. The zero-order chi connectivity index (χ0) is 14.9. The van der Waals surface area contributed by atoms with Gasteiger partial charge in [0.2, 0.25) is 0 Å². The Hall–Kier alpha value is -1.20. The molecule has 0 saturated carbocycles. The molecule has 0 N–H and O–H groups in total. The number of benzene rings is 2. The van der Waals surface area contributed by atoms with Gasteiger partial charge in [0.05, 0.1) is 11.9 Å². The molecule has 0 spiro atoms. The maximum absolute atomic E-state index is 13.7. The summed E-state index contributed by atoms with van der Waals surface area (Å²) in [6.45, 7) is 0. The molecular weight excluding hydrogens is 357 g/mol. The summed E-state index contributed by atoms with van der Waals surface area (Å²) < 4.78 is 44.8. The van der Waals surface area contributed by atoms with Crippen LogP contribution in [0.5, 0.6) is 5.75 Å². The van der Waals surface area contributed by atoms with Gasteiger partial charge in [-0.2, -0.15) is 0 Å². The van der Waals surface area contributed by atoms with Crippen LogP contribution in [0, 0.1) is 17.5 Å². The lowest BCUT2D eigenvalue weighted by Gasteiger charge is -2.14. The standard InChI is InChI=1S/C14H9BrClF3O/c1-20-13-3-2-7(4-12(13)19)14(15)8-5-10(17)11(18)6-9(8)16/h2-6,14H,1H3. The monoisotopic (exact) mass is 364 g/mol. The minimum absolute atomic E-state index is 0.0574. The lowest BCUT2D eigenvalue weighted by atomic mass is 10.0. The molecule has 2 aromatic rings. The van der Waals surface area contributed by atoms with Crippen LogP contribution < -0.4 is 4.74 Å². The van der Waals surface area contributed by atoms with Crippen molar-refractivity contribution in [2.24, 2.45) is 0 Å². The smallest absolute Gasteiger partial charge is 0.165 e. The fraction of sp³-hybridized carbons (Fsp3) is 0.143. The molecule has 1 unspecified atom stereocenters. The quantitative estimate of drug-likeness (QED) is 0.533. The van der Waals surface area contributed by atoms with E-state index in [-0.39, 0.29) is 10.8 Å². The van der Waals surface area contributed by atoms with Crippen molar-refractivity contribution in [1.82, 2.24) is 0 Å². The first-order valence-electron chi connectivity index (χ1n) is 5.56. The summed E-state index contributed by atoms with van der Waals surface area (Å²) in [4.78, 5) is -0.564. The molecule has 0 aliphatic rings. The van der Waals surface area contributed by atoms with Crippen molar-refractivity contribution in [1.29, 1.82) is 0 Å². The number of methoxy groups -OCH3 is 1. The van der Waals surface area contributed by atoms with E-state index in [9.17, 15) is 13.2 Å². The Bertz CT molecular complexity index is 649. The van der Waals surface area contributed by atoms with Crippen molar-refractivity contribution >= 4 is 27.5 Å². The molecule has 0 aliphatic heterocycles. The Morgan fingerprint density at radius 3 is 2.30 bits per heavy atom. The van der Waals surface area contributed by atoms with Crippen LogP contribution in [0.15, 0.2) is 30.3 Å². The lowest BCUT2D eigenvalue weighted by molar-refractivity contribution is 0.386. The summed E-state index contributed by atoms with van der Waals surface area (Å²) in [7, 11) is 1.36. The maximum Gasteiger partial charge on any atom is 0.165 e. The van der Waals surface area contributed by atoms with Crippen LogP contribution in [-0.4, -0.2) is 7.11 Å². The number of hydrogen-bond acceptors (Lipinski definition) is 1. The zero-order valence-electron chi connectivity index (χ0n) is 10.3. The number of ether oxygens (including phenoxy) is 1. The fourth-order valence-electron chi connectivity index (χ4n) is 1.75. The predicted molar refractivity (Wildman–Crippen MR) is 75.1 cm³/mol. The van der Waals surface area contributed by atoms with Gasteiger partial charge in [-0.1, -0.05) is 33.6 Å². The molecular formula is C14H9BrClF3O. The van der Waals surface area contributed by atoms with Crippen LogP contribution in [0.3, 0.4) is 0 Å². The molecule has 2 aromatic carbocycles. The van der Waals surface area contributed by atoms with E-state index in [0.717, 1.165) is 12.1 Å². The Kier molecular flexibility index (Phi) is 4.60. The first-order chi connectivity index (χ1) is 9.43. The second kappa shape index (κ2) is 6.06. The van der Waals surface area contributed by atoms with Crippen LogP contribution >= 0.6 is 27.5 Å². The summed E-state index contributed by atoms with van der Waals surface area (Å²) >= 11 is 9.19. The van der Waals surface area contributed by atoms with Crippen LogP contribution in [0.4, 0.5) is 13.2 Å². The van der Waals surface area contributed by atoms with Crippen LogP contribution in [0.2, 0.25) is 5.02 Å². The summed E-state index contributed by atoms with van der Waals surface area (Å²) in [5.74, 6) is -2.49. The van der Waals surface area contributed by atoms with Crippen molar-refractivity contribution in [2.75, 3.05) is 7.11 Å². The van der Waals surface area contributed by atoms with Crippen LogP contribution in [0.25, 0.3) is 0 Å². The van der Waals surface area contributed by atoms with Crippen molar-refractivity contribution in [3.63, 3.8) is 0 Å². The summed E-state index contributed by atoms with van der Waals surface area (Å²) in [6.07, 6.45) is 0. The Balaban J connectivity index is 2.43. The van der Waals surface area contributed by atoms with Gasteiger partial charge in [0.15, 0.2) is 23.2 Å². The van der Waals surface area contributed by atoms with E-state index in [1.165, 1.54) is 19.2 Å². The minimum Gasteiger partial charge on any atom is -0.494 e. The second-order valence-corrected chi connectivity index (χ2v) is 5.37. The van der Waals surface area contributed by atoms with E-state index >= 15 is 0 Å². The third-order valence-corrected chi connectivity index (χ3v) is 4.13. The molecule has 0 radical (unpaired) electrons. The summed E-state index contributed by atoms with van der Waals surface area (Å²) in [6, 6.07) is 6.18. The normalized spacial score (nSPS) is 12.3. The molecule has 0 heterocycles. The van der Waals surface area contributed by atoms with Crippen LogP contribution in [-0.2, 0) is 0 Å². The van der Waals surface area contributed by atoms with Gasteiger partial charge in [-0.05, 0) is 35.4 Å². The minimum atomic E-state index is -1.03. The average Bonchev–Trinajstić information content (AvgIpc) is 2.42. The largest absolute Gasteiger partial charge is 0.494 e. The maximum atomic E-state index is 13.7. The predicted octanol–water partition coefficient (Wildman–Crippen LogP) is 5.25. The van der Waals surface area contributed by atoms with E-state index in [0.29, 0.717) is 11.1 Å². The molecule has 20 heavy (non-hydrogen) atoms. The van der Waals surface area contributed by atoms with E-state index in [1.807, 2.05) is 0 Å². The average molecular weight is 366 g/mol. The molecule has 1 atom stereocenters. The number of alkyl halides is 1. The van der Waals surface area contributed by atoms with E-state index in [1.54, 1.807) is 6.07 Å². The van der Waals surface area contributed by atoms with E-state index in [2.05, 4.69) is 15.9 Å². The highest BCUT2D eigenvalue weighted by Gasteiger charge is 2.18. The number of halogens is 5. The van der Waals surface area contributed by atoms with Gasteiger partial charge in [0, 0.05) is 5.02 Å². The first-order valence-corrected chi connectivity index (χ1v) is 6.85. The Labute approximate surface area is 127 Å². The van der Waals surface area contributed by atoms with Gasteiger partial charge in [0.25, 0.3) is 0 Å². The van der Waals surface area contributed by atoms with Gasteiger partial charge >= 0.3 is 0 Å². The molecule has 6 heteroatoms. The van der Waals surface area contributed by atoms with Gasteiger partial charge in [-0.15, -0.1) is 0 Å². The molecule has 0 saturated heterocycles. The third kappa shape index (κ3) is 2.94. The van der Waals surface area contributed by atoms with Gasteiger partial charge in [0.1, 0.15) is 0 Å². The number of rotatable bonds is 3. The molecule has 0 amide bonds. The molecule has 106 valence electrons. The SMILES string of the molecule is COc1ccc(C(Br)c2cc(F)c(F)cc2Cl)cc1F. The molecule has 0 bridgehead atoms. The summed E-state index contributed by atoms with van der Waals surface area (Å²) in [5, 5.41) is 0.0574. The second-order valence-electron chi connectivity index (χ2n) is 4.04. The molecule has 2 rings (SSSR count). The summed E-state index contributed by atoms with van der Waals surface area (Å²) in [5.41, 5.74) is 0.825. The zero-order valence-corrected chi connectivity index (χ0v) is 12.6. The highest BCUT2D eigenvalue weighted by molar-refractivity contribution is 9.09. The van der Waals surface area contributed by atoms with Gasteiger partial charge < -0.3 is 4.74 Å². The van der Waals surface area contributed by atoms with Crippen molar-refractivity contribution in [3.05, 3.63) is 63.9 Å². The van der Waals surface area contributed by atoms with Crippen molar-refractivity contribution in [3.8, 4) is 5.75 Å². The molecule has 0 aromatic heterocycles. The van der Waals surface area contributed by atoms with E-state index in [4.69, 9.17) is 16.3 Å². The van der Waals surface area contributed by atoms with Gasteiger partial charge in [-0.3, -0.25) is 0 Å². The molecule has 0 aliphatic carbocycles. The van der Waals surface area contributed by atoms with E-state index < -0.39 is 22.3 Å². The van der Waals surface area contributed by atoms with Crippen molar-refractivity contribution in [2.45, 2.75) is 4.83 Å². The first kappa shape index (κ1) is 15.2. The van der Waals surface area contributed by atoms with Crippen molar-refractivity contribution < 1.29 is 17.9 Å². The topological polar surface area (TPSA) is 9.23 Å². The van der Waals surface area contributed by atoms with Crippen LogP contribution in [0.1, 0.15) is 16.0 Å². The lowest BCUT2D eigenvalue weighted by Crippen LogP contribution is -1.98. The Morgan fingerprint density at radius 1 is 1.05 bits per heavy atom. The Morgan fingerprint density at radius 2 is 1.70 bits per heavy atom. The number of hydrogen-bond donors (Lipinski definition) is 0. The van der Waals surface area contributed by atoms with Gasteiger partial charge in [-0.25, -0.2) is 13.2 Å². The highest BCUT2D eigenvalue weighted by atomic mass is 79.9. The molecule has 0 fully saturated rings.